The zero-order valence-electron chi connectivity index (χ0n) is 11.2. The van der Waals surface area contributed by atoms with E-state index in [1.165, 1.54) is 6.92 Å². The van der Waals surface area contributed by atoms with Crippen molar-refractivity contribution in [1.82, 2.24) is 5.43 Å². The van der Waals surface area contributed by atoms with Crippen LogP contribution in [0, 0.1) is 0 Å². The number of hydrogen-bond donors (Lipinski definition) is 3. The van der Waals surface area contributed by atoms with Crippen LogP contribution in [0.4, 0.5) is 0 Å². The fraction of sp³-hybridized carbons (Fsp3) is 0.778. The Balaban J connectivity index is 4.24. The second-order valence-electron chi connectivity index (χ2n) is 3.59. The molecule has 0 heterocycles. The van der Waals surface area contributed by atoms with E-state index in [9.17, 15) is 19.0 Å². The first-order valence-electron chi connectivity index (χ1n) is 5.62. The summed E-state index contributed by atoms with van der Waals surface area (Å²) in [5.74, 6) is 3.72. The predicted octanol–water partition coefficient (Wildman–Crippen LogP) is -0.922. The van der Waals surface area contributed by atoms with Crippen molar-refractivity contribution in [2.24, 2.45) is 5.84 Å². The van der Waals surface area contributed by atoms with Gasteiger partial charge in [-0.25, -0.2) is 4.57 Å². The maximum absolute atomic E-state index is 11.4. The van der Waals surface area contributed by atoms with Crippen molar-refractivity contribution < 1.29 is 37.6 Å². The Morgan fingerprint density at radius 3 is 2.40 bits per heavy atom. The molecule has 0 rings (SSSR count). The number of rotatable bonds is 10. The smallest absolute Gasteiger partial charge is 0.462 e. The van der Waals surface area contributed by atoms with Gasteiger partial charge in [-0.05, 0) is 0 Å². The lowest BCUT2D eigenvalue weighted by atomic mass is 10.4. The quantitative estimate of drug-likeness (QED) is 0.152. The van der Waals surface area contributed by atoms with Gasteiger partial charge in [-0.2, -0.15) is 0 Å². The number of carbonyl (C=O) groups is 2. The van der Waals surface area contributed by atoms with E-state index in [2.05, 4.69) is 19.2 Å². The molecule has 0 radical (unpaired) electrons. The molecule has 0 aromatic heterocycles. The monoisotopic (exact) mass is 314 g/mol. The van der Waals surface area contributed by atoms with Crippen LogP contribution in [0.5, 0.6) is 0 Å². The third kappa shape index (κ3) is 10.9. The van der Waals surface area contributed by atoms with Gasteiger partial charge in [0, 0.05) is 20.4 Å². The van der Waals surface area contributed by atoms with E-state index in [1.54, 1.807) is 0 Å². The standard InChI is InChI=1S/C9H19N2O8P/c1-7(12)16-5-9(19-8(2)13)6-18-20(14,15)17-4-3-11-10/h9,11H,3-6,10H2,1-2H3,(H,14,15). The number of phosphoric ester groups is 1. The van der Waals surface area contributed by atoms with Crippen LogP contribution >= 0.6 is 7.82 Å². The van der Waals surface area contributed by atoms with Gasteiger partial charge in [0.25, 0.3) is 0 Å². The van der Waals surface area contributed by atoms with Gasteiger partial charge in [0.05, 0.1) is 13.2 Å². The summed E-state index contributed by atoms with van der Waals surface area (Å²) in [4.78, 5) is 30.8. The molecule has 0 aromatic carbocycles. The Hall–Kier alpha value is -1.03. The Labute approximate surface area is 116 Å². The highest BCUT2D eigenvalue weighted by Crippen LogP contribution is 2.43. The van der Waals surface area contributed by atoms with Crippen LogP contribution in [0.3, 0.4) is 0 Å². The molecule has 118 valence electrons. The van der Waals surface area contributed by atoms with Crippen LogP contribution < -0.4 is 11.3 Å². The minimum atomic E-state index is -4.29. The lowest BCUT2D eigenvalue weighted by molar-refractivity contribution is -0.158. The molecule has 0 fully saturated rings. The maximum atomic E-state index is 11.4. The minimum absolute atomic E-state index is 0.146. The van der Waals surface area contributed by atoms with Crippen LogP contribution in [-0.2, 0) is 32.7 Å². The van der Waals surface area contributed by atoms with Gasteiger partial charge in [0.2, 0.25) is 0 Å². The van der Waals surface area contributed by atoms with E-state index in [-0.39, 0.29) is 19.8 Å². The summed E-state index contributed by atoms with van der Waals surface area (Å²) in [6.07, 6.45) is -1.01. The fourth-order valence-electron chi connectivity index (χ4n) is 0.996. The summed E-state index contributed by atoms with van der Waals surface area (Å²) in [7, 11) is -4.29. The topological polar surface area (TPSA) is 146 Å². The Morgan fingerprint density at radius 2 is 1.90 bits per heavy atom. The predicted molar refractivity (Wildman–Crippen MR) is 66.1 cm³/mol. The van der Waals surface area contributed by atoms with Crippen molar-refractivity contribution in [2.45, 2.75) is 20.0 Å². The SMILES string of the molecule is CC(=O)OCC(COP(=O)(O)OCCNN)OC(C)=O. The first-order valence-corrected chi connectivity index (χ1v) is 7.12. The van der Waals surface area contributed by atoms with Crippen molar-refractivity contribution in [3.05, 3.63) is 0 Å². The molecule has 0 aliphatic carbocycles. The maximum Gasteiger partial charge on any atom is 0.472 e. The summed E-state index contributed by atoms with van der Waals surface area (Å²) in [5.41, 5.74) is 2.22. The first-order chi connectivity index (χ1) is 9.26. The number of phosphoric acid groups is 1. The highest BCUT2D eigenvalue weighted by atomic mass is 31.2. The summed E-state index contributed by atoms with van der Waals surface area (Å²) in [6, 6.07) is 0. The van der Waals surface area contributed by atoms with Crippen LogP contribution in [0.15, 0.2) is 0 Å². The van der Waals surface area contributed by atoms with E-state index in [0.717, 1.165) is 6.92 Å². The molecule has 0 bridgehead atoms. The highest BCUT2D eigenvalue weighted by molar-refractivity contribution is 7.47. The van der Waals surface area contributed by atoms with E-state index in [1.807, 2.05) is 0 Å². The number of hydrazine groups is 1. The van der Waals surface area contributed by atoms with Gasteiger partial charge in [0.15, 0.2) is 6.10 Å². The van der Waals surface area contributed by atoms with Gasteiger partial charge >= 0.3 is 19.8 Å². The van der Waals surface area contributed by atoms with E-state index in [0.29, 0.717) is 0 Å². The van der Waals surface area contributed by atoms with Crippen LogP contribution in [0.1, 0.15) is 13.8 Å². The van der Waals surface area contributed by atoms with Gasteiger partial charge < -0.3 is 14.4 Å². The van der Waals surface area contributed by atoms with E-state index >= 15 is 0 Å². The molecule has 0 aromatic rings. The molecule has 0 spiro atoms. The first kappa shape index (κ1) is 19.0. The molecule has 0 aliphatic rings. The Bertz CT molecular complexity index is 364. The fourth-order valence-corrected chi connectivity index (χ4v) is 1.75. The summed E-state index contributed by atoms with van der Waals surface area (Å²) in [5, 5.41) is 0. The zero-order chi connectivity index (χ0) is 15.6. The Kier molecular flexibility index (Phi) is 9.30. The second kappa shape index (κ2) is 9.81. The van der Waals surface area contributed by atoms with Crippen molar-refractivity contribution in [3.8, 4) is 0 Å². The van der Waals surface area contributed by atoms with Gasteiger partial charge in [-0.15, -0.1) is 0 Å². The number of hydrogen-bond acceptors (Lipinski definition) is 9. The highest BCUT2D eigenvalue weighted by Gasteiger charge is 2.25. The minimum Gasteiger partial charge on any atom is -0.462 e. The molecule has 0 saturated carbocycles. The molecular formula is C9H19N2O8P. The van der Waals surface area contributed by atoms with Crippen molar-refractivity contribution in [3.63, 3.8) is 0 Å². The second-order valence-corrected chi connectivity index (χ2v) is 5.04. The van der Waals surface area contributed by atoms with Gasteiger partial charge in [0.1, 0.15) is 6.61 Å². The molecular weight excluding hydrogens is 295 g/mol. The number of nitrogens with one attached hydrogen (secondary N) is 1. The summed E-state index contributed by atoms with van der Waals surface area (Å²) in [6.45, 7) is 1.56. The average molecular weight is 314 g/mol. The van der Waals surface area contributed by atoms with Crippen LogP contribution in [-0.4, -0.2) is 49.3 Å². The number of nitrogens with two attached hydrogens (primary N) is 1. The number of esters is 2. The summed E-state index contributed by atoms with van der Waals surface area (Å²) >= 11 is 0. The molecule has 0 saturated heterocycles. The third-order valence-corrected chi connectivity index (χ3v) is 2.71. The van der Waals surface area contributed by atoms with E-state index < -0.39 is 32.5 Å². The average Bonchev–Trinajstić information content (AvgIpc) is 2.32. The molecule has 2 atom stereocenters. The van der Waals surface area contributed by atoms with Crippen molar-refractivity contribution >= 4 is 19.8 Å². The number of carbonyl (C=O) groups excluding carboxylic acids is 2. The Morgan fingerprint density at radius 1 is 1.25 bits per heavy atom. The normalized spacial score (nSPS) is 15.2. The lowest BCUT2D eigenvalue weighted by Crippen LogP contribution is -2.29. The van der Waals surface area contributed by atoms with E-state index in [4.69, 9.17) is 10.6 Å². The van der Waals surface area contributed by atoms with Crippen molar-refractivity contribution in [1.29, 1.82) is 0 Å². The lowest BCUT2D eigenvalue weighted by Gasteiger charge is -2.18. The van der Waals surface area contributed by atoms with Gasteiger partial charge in [-0.3, -0.25) is 29.9 Å². The molecule has 10 nitrogen and oxygen atoms in total. The summed E-state index contributed by atoms with van der Waals surface area (Å²) < 4.78 is 30.0. The van der Waals surface area contributed by atoms with Crippen LogP contribution in [0.25, 0.3) is 0 Å². The zero-order valence-corrected chi connectivity index (χ0v) is 12.1. The van der Waals surface area contributed by atoms with Crippen molar-refractivity contribution in [2.75, 3.05) is 26.4 Å². The molecule has 0 amide bonds. The molecule has 20 heavy (non-hydrogen) atoms. The molecule has 2 unspecified atom stereocenters. The largest absolute Gasteiger partial charge is 0.472 e. The molecule has 4 N–H and O–H groups in total. The molecule has 0 aliphatic heterocycles. The van der Waals surface area contributed by atoms with Gasteiger partial charge in [-0.1, -0.05) is 0 Å². The molecule has 11 heteroatoms. The number of ether oxygens (including phenoxy) is 2. The van der Waals surface area contributed by atoms with Crippen LogP contribution in [0.2, 0.25) is 0 Å². The third-order valence-electron chi connectivity index (χ3n) is 1.73.